The van der Waals surface area contributed by atoms with Crippen LogP contribution in [0.4, 0.5) is 5.69 Å². The fraction of sp³-hybridized carbons (Fsp3) is 0.440. The van der Waals surface area contributed by atoms with Gasteiger partial charge in [0.05, 0.1) is 24.0 Å². The summed E-state index contributed by atoms with van der Waals surface area (Å²) in [5, 5.41) is 6.59. The minimum absolute atomic E-state index is 0.0261. The van der Waals surface area contributed by atoms with E-state index in [2.05, 4.69) is 25.6 Å². The summed E-state index contributed by atoms with van der Waals surface area (Å²) in [6.45, 7) is 2.59. The third-order valence-electron chi connectivity index (χ3n) is 6.38. The van der Waals surface area contributed by atoms with Crippen LogP contribution in [0.25, 0.3) is 11.0 Å². The van der Waals surface area contributed by atoms with E-state index < -0.39 is 0 Å². The second-order valence-corrected chi connectivity index (χ2v) is 8.73. The van der Waals surface area contributed by atoms with E-state index in [1.54, 1.807) is 25.4 Å². The molecule has 0 spiro atoms. The molecule has 9 heteroatoms. The van der Waals surface area contributed by atoms with Crippen molar-refractivity contribution >= 4 is 22.6 Å². The van der Waals surface area contributed by atoms with Gasteiger partial charge in [-0.05, 0) is 56.0 Å². The Labute approximate surface area is 198 Å². The quantitative estimate of drug-likeness (QED) is 0.549. The predicted octanol–water partition coefficient (Wildman–Crippen LogP) is 3.34. The molecule has 0 bridgehead atoms. The summed E-state index contributed by atoms with van der Waals surface area (Å²) in [5.74, 6) is 2.21. The van der Waals surface area contributed by atoms with E-state index in [1.807, 2.05) is 18.2 Å². The number of fused-ring (bicyclic) bond motifs is 2. The first-order chi connectivity index (χ1) is 16.7. The molecule has 0 unspecified atom stereocenters. The second-order valence-electron chi connectivity index (χ2n) is 8.73. The highest BCUT2D eigenvalue weighted by atomic mass is 16.6. The number of carbonyl (C=O) groups is 1. The van der Waals surface area contributed by atoms with Crippen LogP contribution >= 0.6 is 0 Å². The molecular formula is C25H29N5O4. The Kier molecular flexibility index (Phi) is 6.71. The van der Waals surface area contributed by atoms with Crippen LogP contribution in [-0.4, -0.2) is 47.7 Å². The Morgan fingerprint density at radius 2 is 2.03 bits per heavy atom. The van der Waals surface area contributed by atoms with Crippen LogP contribution in [0.1, 0.15) is 31.4 Å². The van der Waals surface area contributed by atoms with Crippen molar-refractivity contribution in [3.05, 3.63) is 42.2 Å². The smallest absolute Gasteiger partial charge is 0.257 e. The first-order valence-electron chi connectivity index (χ1n) is 11.8. The number of hydrogen-bond donors (Lipinski definition) is 2. The number of pyridine rings is 3. The molecule has 2 N–H and O–H groups in total. The van der Waals surface area contributed by atoms with E-state index in [1.165, 1.54) is 0 Å². The van der Waals surface area contributed by atoms with Crippen molar-refractivity contribution in [1.82, 2.24) is 20.3 Å². The molecule has 0 aromatic carbocycles. The summed E-state index contributed by atoms with van der Waals surface area (Å²) >= 11 is 0. The summed E-state index contributed by atoms with van der Waals surface area (Å²) in [4.78, 5) is 26.4. The molecule has 5 rings (SSSR count). The third-order valence-corrected chi connectivity index (χ3v) is 6.38. The normalized spacial score (nSPS) is 19.6. The number of nitrogens with one attached hydrogen (secondary N) is 2. The minimum Gasteiger partial charge on any atom is -0.484 e. The lowest BCUT2D eigenvalue weighted by atomic mass is 9.81. The predicted molar refractivity (Wildman–Crippen MR) is 127 cm³/mol. The Morgan fingerprint density at radius 1 is 1.12 bits per heavy atom. The number of carbonyl (C=O) groups excluding carboxylic acids is 1. The maximum absolute atomic E-state index is 13.1. The van der Waals surface area contributed by atoms with Gasteiger partial charge in [0.1, 0.15) is 18.7 Å². The second kappa shape index (κ2) is 10.2. The van der Waals surface area contributed by atoms with Crippen molar-refractivity contribution in [3.63, 3.8) is 0 Å². The van der Waals surface area contributed by atoms with Crippen molar-refractivity contribution in [2.45, 2.75) is 32.2 Å². The lowest BCUT2D eigenvalue weighted by Crippen LogP contribution is -2.32. The van der Waals surface area contributed by atoms with E-state index in [0.717, 1.165) is 43.4 Å². The molecule has 9 nitrogen and oxygen atoms in total. The van der Waals surface area contributed by atoms with Crippen LogP contribution < -0.4 is 24.8 Å². The summed E-state index contributed by atoms with van der Waals surface area (Å²) in [7, 11) is 1.57. The first-order valence-corrected chi connectivity index (χ1v) is 11.8. The largest absolute Gasteiger partial charge is 0.484 e. The molecule has 1 saturated carbocycles. The third kappa shape index (κ3) is 5.04. The number of rotatable bonds is 7. The van der Waals surface area contributed by atoms with E-state index in [9.17, 15) is 4.79 Å². The molecule has 1 fully saturated rings. The number of ether oxygens (including phenoxy) is 3. The van der Waals surface area contributed by atoms with Gasteiger partial charge in [-0.25, -0.2) is 9.97 Å². The molecule has 4 heterocycles. The van der Waals surface area contributed by atoms with Gasteiger partial charge in [-0.2, -0.15) is 0 Å². The van der Waals surface area contributed by atoms with E-state index >= 15 is 0 Å². The Morgan fingerprint density at radius 3 is 2.94 bits per heavy atom. The molecule has 0 saturated heterocycles. The van der Waals surface area contributed by atoms with Crippen LogP contribution in [-0.2, 0) is 11.3 Å². The van der Waals surface area contributed by atoms with Crippen LogP contribution in [0.5, 0.6) is 17.5 Å². The Bertz CT molecular complexity index is 1170. The van der Waals surface area contributed by atoms with Crippen LogP contribution in [0.2, 0.25) is 0 Å². The van der Waals surface area contributed by atoms with Crippen molar-refractivity contribution in [1.29, 1.82) is 0 Å². The van der Waals surface area contributed by atoms with Gasteiger partial charge in [0.25, 0.3) is 5.88 Å². The molecule has 3 aromatic rings. The number of hydrogen-bond acceptors (Lipinski definition) is 8. The Balaban J connectivity index is 1.16. The van der Waals surface area contributed by atoms with Crippen LogP contribution in [0.15, 0.2) is 36.5 Å². The van der Waals surface area contributed by atoms with Gasteiger partial charge in [-0.3, -0.25) is 9.78 Å². The van der Waals surface area contributed by atoms with Crippen molar-refractivity contribution < 1.29 is 19.0 Å². The standard InChI is InChI=1S/C25H29N5O4/c1-32-22-8-6-19-23(30-22)20(9-10-27-19)29-24(31)17-4-2-3-16(13-17)14-26-15-18-5-7-21-25(28-18)34-12-11-33-21/h5-10,16-17,26H,2-4,11-15H2,1H3,(H,27,29,31)/t16-,17+/m1/s1. The van der Waals surface area contributed by atoms with E-state index in [-0.39, 0.29) is 11.8 Å². The molecule has 1 aliphatic carbocycles. The van der Waals surface area contributed by atoms with Gasteiger partial charge in [-0.1, -0.05) is 6.42 Å². The lowest BCUT2D eigenvalue weighted by Gasteiger charge is -2.28. The van der Waals surface area contributed by atoms with Gasteiger partial charge in [-0.15, -0.1) is 0 Å². The number of amides is 1. The average molecular weight is 464 g/mol. The first kappa shape index (κ1) is 22.3. The van der Waals surface area contributed by atoms with Gasteiger partial charge < -0.3 is 24.8 Å². The molecule has 2 aliphatic rings. The lowest BCUT2D eigenvalue weighted by molar-refractivity contribution is -0.121. The Hall–Kier alpha value is -3.46. The summed E-state index contributed by atoms with van der Waals surface area (Å²) in [6.07, 6.45) is 5.59. The van der Waals surface area contributed by atoms with Gasteiger partial charge in [0.15, 0.2) is 5.75 Å². The summed E-state index contributed by atoms with van der Waals surface area (Å²) in [5.41, 5.74) is 2.94. The molecule has 34 heavy (non-hydrogen) atoms. The van der Waals surface area contributed by atoms with Crippen molar-refractivity contribution in [2.24, 2.45) is 11.8 Å². The SMILES string of the molecule is COc1ccc2nccc(NC(=O)[C@H]3CCC[C@@H](CNCc4ccc5c(n4)OCCO5)C3)c2n1. The van der Waals surface area contributed by atoms with Gasteiger partial charge in [0.2, 0.25) is 11.8 Å². The summed E-state index contributed by atoms with van der Waals surface area (Å²) in [6, 6.07) is 9.26. The molecule has 0 radical (unpaired) electrons. The van der Waals surface area contributed by atoms with E-state index in [0.29, 0.717) is 54.4 Å². The summed E-state index contributed by atoms with van der Waals surface area (Å²) < 4.78 is 16.3. The van der Waals surface area contributed by atoms with Crippen molar-refractivity contribution in [3.8, 4) is 17.5 Å². The van der Waals surface area contributed by atoms with Crippen LogP contribution in [0.3, 0.4) is 0 Å². The molecule has 178 valence electrons. The zero-order valence-corrected chi connectivity index (χ0v) is 19.3. The average Bonchev–Trinajstić information content (AvgIpc) is 2.88. The van der Waals surface area contributed by atoms with Crippen LogP contribution in [0, 0.1) is 11.8 Å². The molecular weight excluding hydrogens is 434 g/mol. The van der Waals surface area contributed by atoms with Gasteiger partial charge >= 0.3 is 0 Å². The highest BCUT2D eigenvalue weighted by molar-refractivity contribution is 6.00. The van der Waals surface area contributed by atoms with Gasteiger partial charge in [0, 0.05) is 24.7 Å². The minimum atomic E-state index is -0.0261. The van der Waals surface area contributed by atoms with Crippen molar-refractivity contribution in [2.75, 3.05) is 32.2 Å². The number of methoxy groups -OCH3 is 1. The monoisotopic (exact) mass is 463 g/mol. The zero-order valence-electron chi connectivity index (χ0n) is 19.3. The maximum atomic E-state index is 13.1. The maximum Gasteiger partial charge on any atom is 0.257 e. The molecule has 2 atom stereocenters. The number of aromatic nitrogens is 3. The highest BCUT2D eigenvalue weighted by Crippen LogP contribution is 2.31. The fourth-order valence-electron chi connectivity index (χ4n) is 4.64. The van der Waals surface area contributed by atoms with E-state index in [4.69, 9.17) is 14.2 Å². The number of nitrogens with zero attached hydrogens (tertiary/aromatic N) is 3. The highest BCUT2D eigenvalue weighted by Gasteiger charge is 2.27. The number of anilines is 1. The molecule has 1 aliphatic heterocycles. The molecule has 3 aromatic heterocycles. The topological polar surface area (TPSA) is 107 Å². The zero-order chi connectivity index (χ0) is 23.3. The fourth-order valence-corrected chi connectivity index (χ4v) is 4.64. The molecule has 1 amide bonds.